The van der Waals surface area contributed by atoms with Crippen molar-refractivity contribution >= 4 is 55.8 Å². The van der Waals surface area contributed by atoms with Crippen LogP contribution in [0.4, 0.5) is 11.4 Å². The topological polar surface area (TPSA) is 61.4 Å². The molecule has 0 saturated heterocycles. The Morgan fingerprint density at radius 1 is 1.22 bits per heavy atom. The Morgan fingerprint density at radius 2 is 1.96 bits per heavy atom. The van der Waals surface area contributed by atoms with Crippen molar-refractivity contribution < 1.29 is 9.90 Å². The molecule has 0 unspecified atom stereocenters. The first-order chi connectivity index (χ1) is 11.0. The first-order valence-electron chi connectivity index (χ1n) is 7.23. The Hall–Kier alpha value is -1.12. The largest absolute Gasteiger partial charge is 0.396 e. The molecule has 2 rings (SSSR count). The fourth-order valence-electron chi connectivity index (χ4n) is 2.10. The van der Waals surface area contributed by atoms with Crippen molar-refractivity contribution in [3.05, 3.63) is 55.6 Å². The van der Waals surface area contributed by atoms with Gasteiger partial charge in [-0.3, -0.25) is 4.79 Å². The van der Waals surface area contributed by atoms with Crippen molar-refractivity contribution in [3.8, 4) is 0 Å². The minimum absolute atomic E-state index is 0.0612. The molecule has 0 aromatic heterocycles. The number of benzene rings is 2. The van der Waals surface area contributed by atoms with Gasteiger partial charge < -0.3 is 15.7 Å². The molecule has 1 amide bonds. The van der Waals surface area contributed by atoms with Crippen LogP contribution in [0.3, 0.4) is 0 Å². The number of aryl methyl sites for hydroxylation is 1. The first-order valence-corrected chi connectivity index (χ1v) is 9.10. The number of carbonyl (C=O) groups excluding carboxylic acids is 1. The molecule has 2 aromatic carbocycles. The van der Waals surface area contributed by atoms with Crippen LogP contribution in [0.15, 0.2) is 40.9 Å². The molecule has 0 aliphatic carbocycles. The number of carbonyl (C=O) groups is 1. The van der Waals surface area contributed by atoms with Crippen molar-refractivity contribution in [1.82, 2.24) is 5.32 Å². The van der Waals surface area contributed by atoms with Crippen LogP contribution in [0.5, 0.6) is 0 Å². The summed E-state index contributed by atoms with van der Waals surface area (Å²) in [5.74, 6) is -0.162. The summed E-state index contributed by atoms with van der Waals surface area (Å²) in [5.41, 5.74) is 3.40. The Balaban J connectivity index is 2.26. The lowest BCUT2D eigenvalue weighted by molar-refractivity contribution is 0.0952. The van der Waals surface area contributed by atoms with Gasteiger partial charge in [0.2, 0.25) is 0 Å². The number of amides is 1. The normalized spacial score (nSPS) is 10.4. The quantitative estimate of drug-likeness (QED) is 0.421. The third-order valence-corrected chi connectivity index (χ3v) is 4.47. The molecular weight excluding hydrogens is 471 g/mol. The molecule has 0 bridgehead atoms. The number of aliphatic hydroxyl groups is 1. The summed E-state index contributed by atoms with van der Waals surface area (Å²) in [6.45, 7) is 2.54. The maximum Gasteiger partial charge on any atom is 0.253 e. The van der Waals surface area contributed by atoms with Crippen molar-refractivity contribution in [2.45, 2.75) is 13.3 Å². The minimum atomic E-state index is -0.162. The van der Waals surface area contributed by atoms with E-state index in [-0.39, 0.29) is 12.5 Å². The number of halogens is 2. The summed E-state index contributed by atoms with van der Waals surface area (Å²) in [6.07, 6.45) is 0.540. The van der Waals surface area contributed by atoms with Crippen LogP contribution < -0.4 is 10.6 Å². The van der Waals surface area contributed by atoms with Gasteiger partial charge in [0, 0.05) is 26.9 Å². The minimum Gasteiger partial charge on any atom is -0.396 e. The number of nitrogens with one attached hydrogen (secondary N) is 2. The summed E-state index contributed by atoms with van der Waals surface area (Å²) in [7, 11) is 0. The van der Waals surface area contributed by atoms with Crippen molar-refractivity contribution in [1.29, 1.82) is 0 Å². The standard InChI is InChI=1S/C17H18BrIN2O2/c1-11-9-13(19)4-6-15(11)21-16-5-3-12(18)10-14(16)17(23)20-7-2-8-22/h3-6,9-10,21-22H,2,7-8H2,1H3,(H,20,23). The highest BCUT2D eigenvalue weighted by Gasteiger charge is 2.12. The number of rotatable bonds is 6. The average molecular weight is 489 g/mol. The van der Waals surface area contributed by atoms with Gasteiger partial charge >= 0.3 is 0 Å². The van der Waals surface area contributed by atoms with Crippen LogP contribution in [0, 0.1) is 10.5 Å². The molecule has 2 aromatic rings. The predicted octanol–water partition coefficient (Wildman–Crippen LogP) is 4.22. The van der Waals surface area contributed by atoms with Gasteiger partial charge in [-0.25, -0.2) is 0 Å². The maximum absolute atomic E-state index is 12.4. The molecule has 3 N–H and O–H groups in total. The summed E-state index contributed by atoms with van der Waals surface area (Å²) >= 11 is 5.68. The van der Waals surface area contributed by atoms with E-state index >= 15 is 0 Å². The van der Waals surface area contributed by atoms with Gasteiger partial charge in [0.1, 0.15) is 0 Å². The summed E-state index contributed by atoms with van der Waals surface area (Å²) in [5, 5.41) is 15.0. The molecule has 4 nitrogen and oxygen atoms in total. The molecule has 122 valence electrons. The molecular formula is C17H18BrIN2O2. The zero-order valence-corrected chi connectivity index (χ0v) is 16.4. The van der Waals surface area contributed by atoms with Crippen molar-refractivity contribution in [2.75, 3.05) is 18.5 Å². The second-order valence-corrected chi connectivity index (χ2v) is 7.27. The average Bonchev–Trinajstić information content (AvgIpc) is 2.51. The predicted molar refractivity (Wildman–Crippen MR) is 105 cm³/mol. The maximum atomic E-state index is 12.4. The molecule has 0 spiro atoms. The Kier molecular flexibility index (Phi) is 6.86. The Labute approximate surface area is 157 Å². The van der Waals surface area contributed by atoms with E-state index < -0.39 is 0 Å². The number of hydrogen-bond donors (Lipinski definition) is 3. The van der Waals surface area contributed by atoms with Crippen LogP contribution in [0.2, 0.25) is 0 Å². The van der Waals surface area contributed by atoms with Crippen LogP contribution in [0.25, 0.3) is 0 Å². The highest BCUT2D eigenvalue weighted by atomic mass is 127. The molecule has 0 heterocycles. The monoisotopic (exact) mass is 488 g/mol. The Bertz CT molecular complexity index is 707. The lowest BCUT2D eigenvalue weighted by Crippen LogP contribution is -2.25. The number of anilines is 2. The molecule has 23 heavy (non-hydrogen) atoms. The zero-order valence-electron chi connectivity index (χ0n) is 12.7. The van der Waals surface area contributed by atoms with E-state index in [0.717, 1.165) is 21.4 Å². The molecule has 0 radical (unpaired) electrons. The van der Waals surface area contributed by atoms with E-state index in [4.69, 9.17) is 5.11 Å². The molecule has 6 heteroatoms. The molecule has 0 aliphatic rings. The first kappa shape index (κ1) is 18.2. The summed E-state index contributed by atoms with van der Waals surface area (Å²) < 4.78 is 2.01. The van der Waals surface area contributed by atoms with Crippen molar-refractivity contribution in [2.24, 2.45) is 0 Å². The van der Waals surface area contributed by atoms with Crippen LogP contribution in [-0.4, -0.2) is 24.2 Å². The van der Waals surface area contributed by atoms with Gasteiger partial charge in [-0.1, -0.05) is 15.9 Å². The van der Waals surface area contributed by atoms with E-state index in [2.05, 4.69) is 55.2 Å². The molecule has 0 fully saturated rings. The second kappa shape index (κ2) is 8.65. The summed E-state index contributed by atoms with van der Waals surface area (Å²) in [4.78, 5) is 12.4. The fourth-order valence-corrected chi connectivity index (χ4v) is 3.11. The highest BCUT2D eigenvalue weighted by molar-refractivity contribution is 14.1. The Morgan fingerprint density at radius 3 is 2.65 bits per heavy atom. The van der Waals surface area contributed by atoms with E-state index in [1.807, 2.05) is 31.2 Å². The van der Waals surface area contributed by atoms with Crippen LogP contribution >= 0.6 is 38.5 Å². The molecule has 0 saturated carbocycles. The van der Waals surface area contributed by atoms with E-state index in [0.29, 0.717) is 18.5 Å². The summed E-state index contributed by atoms with van der Waals surface area (Å²) in [6, 6.07) is 11.7. The van der Waals surface area contributed by atoms with E-state index in [9.17, 15) is 4.79 Å². The molecule has 0 aliphatic heterocycles. The van der Waals surface area contributed by atoms with Gasteiger partial charge in [0.25, 0.3) is 5.91 Å². The van der Waals surface area contributed by atoms with Gasteiger partial charge in [-0.15, -0.1) is 0 Å². The van der Waals surface area contributed by atoms with Gasteiger partial charge in [0.05, 0.1) is 11.3 Å². The number of hydrogen-bond acceptors (Lipinski definition) is 3. The SMILES string of the molecule is Cc1cc(I)ccc1Nc1ccc(Br)cc1C(=O)NCCCO. The third kappa shape index (κ3) is 5.19. The van der Waals surface area contributed by atoms with E-state index in [1.165, 1.54) is 3.57 Å². The smallest absolute Gasteiger partial charge is 0.253 e. The highest BCUT2D eigenvalue weighted by Crippen LogP contribution is 2.27. The number of aliphatic hydroxyl groups excluding tert-OH is 1. The van der Waals surface area contributed by atoms with Gasteiger partial charge in [-0.2, -0.15) is 0 Å². The fraction of sp³-hybridized carbons (Fsp3) is 0.235. The van der Waals surface area contributed by atoms with E-state index in [1.54, 1.807) is 6.07 Å². The van der Waals surface area contributed by atoms with Gasteiger partial charge in [-0.05, 0) is 77.9 Å². The van der Waals surface area contributed by atoms with Gasteiger partial charge in [0.15, 0.2) is 0 Å². The lowest BCUT2D eigenvalue weighted by Gasteiger charge is -2.14. The third-order valence-electron chi connectivity index (χ3n) is 3.30. The van der Waals surface area contributed by atoms with Crippen LogP contribution in [0.1, 0.15) is 22.3 Å². The van der Waals surface area contributed by atoms with Crippen LogP contribution in [-0.2, 0) is 0 Å². The zero-order chi connectivity index (χ0) is 16.8. The lowest BCUT2D eigenvalue weighted by atomic mass is 10.1. The molecule has 0 atom stereocenters. The van der Waals surface area contributed by atoms with Crippen molar-refractivity contribution in [3.63, 3.8) is 0 Å². The second-order valence-electron chi connectivity index (χ2n) is 5.11.